The molecule has 1 amide bonds. The molecular formula is C17H20ClN3O. The second-order valence-electron chi connectivity index (χ2n) is 5.90. The number of carbonyl (C=O) groups is 1. The van der Waals surface area contributed by atoms with Gasteiger partial charge in [0, 0.05) is 36.1 Å². The number of hydrogen-bond donors (Lipinski definition) is 2. The molecule has 1 aromatic carbocycles. The number of H-pyrrole nitrogens is 1. The third kappa shape index (κ3) is 2.89. The fourth-order valence-corrected chi connectivity index (χ4v) is 3.16. The fourth-order valence-electron chi connectivity index (χ4n) is 2.87. The minimum atomic E-state index is 0.0766. The SMILES string of the molecule is CN(C)CCc1c(C2=CCC(=O)NC2)[nH]c2cccc(Cl)c12. The monoisotopic (exact) mass is 317 g/mol. The molecular weight excluding hydrogens is 298 g/mol. The Morgan fingerprint density at radius 1 is 1.32 bits per heavy atom. The van der Waals surface area contributed by atoms with Crippen LogP contribution in [0.15, 0.2) is 24.3 Å². The minimum absolute atomic E-state index is 0.0766. The Kier molecular flexibility index (Phi) is 4.23. The van der Waals surface area contributed by atoms with Gasteiger partial charge in [-0.15, -0.1) is 0 Å². The molecule has 3 rings (SSSR count). The Morgan fingerprint density at radius 3 is 2.82 bits per heavy atom. The van der Waals surface area contributed by atoms with Crippen molar-refractivity contribution < 1.29 is 4.79 Å². The van der Waals surface area contributed by atoms with Crippen LogP contribution in [0.5, 0.6) is 0 Å². The maximum absolute atomic E-state index is 11.4. The molecule has 22 heavy (non-hydrogen) atoms. The molecule has 1 aromatic heterocycles. The highest BCUT2D eigenvalue weighted by Crippen LogP contribution is 2.33. The van der Waals surface area contributed by atoms with Gasteiger partial charge in [0.25, 0.3) is 0 Å². The molecule has 0 saturated carbocycles. The van der Waals surface area contributed by atoms with Crippen molar-refractivity contribution in [3.05, 3.63) is 40.6 Å². The molecule has 2 heterocycles. The first-order valence-corrected chi connectivity index (χ1v) is 7.84. The lowest BCUT2D eigenvalue weighted by atomic mass is 10.00. The minimum Gasteiger partial charge on any atom is -0.354 e. The second-order valence-corrected chi connectivity index (χ2v) is 6.31. The predicted molar refractivity (Wildman–Crippen MR) is 91.2 cm³/mol. The summed E-state index contributed by atoms with van der Waals surface area (Å²) < 4.78 is 0. The van der Waals surface area contributed by atoms with Crippen molar-refractivity contribution in [3.63, 3.8) is 0 Å². The zero-order chi connectivity index (χ0) is 15.7. The Bertz CT molecular complexity index is 746. The first-order valence-electron chi connectivity index (χ1n) is 7.46. The lowest BCUT2D eigenvalue weighted by molar-refractivity contribution is -0.120. The average Bonchev–Trinajstić information content (AvgIpc) is 2.86. The van der Waals surface area contributed by atoms with Gasteiger partial charge in [-0.1, -0.05) is 23.7 Å². The van der Waals surface area contributed by atoms with Crippen LogP contribution in [-0.4, -0.2) is 43.0 Å². The van der Waals surface area contributed by atoms with E-state index in [0.717, 1.165) is 40.2 Å². The first kappa shape index (κ1) is 15.1. The van der Waals surface area contributed by atoms with Gasteiger partial charge in [0.05, 0.1) is 5.02 Å². The van der Waals surface area contributed by atoms with Crippen molar-refractivity contribution in [2.45, 2.75) is 12.8 Å². The fraction of sp³-hybridized carbons (Fsp3) is 0.353. The van der Waals surface area contributed by atoms with Gasteiger partial charge in [-0.25, -0.2) is 0 Å². The van der Waals surface area contributed by atoms with E-state index in [2.05, 4.69) is 29.3 Å². The van der Waals surface area contributed by atoms with Crippen molar-refractivity contribution >= 4 is 34.0 Å². The number of aromatic amines is 1. The summed E-state index contributed by atoms with van der Waals surface area (Å²) in [4.78, 5) is 17.0. The number of nitrogens with one attached hydrogen (secondary N) is 2. The number of halogens is 1. The predicted octanol–water partition coefficient (Wildman–Crippen LogP) is 2.83. The zero-order valence-corrected chi connectivity index (χ0v) is 13.6. The van der Waals surface area contributed by atoms with E-state index in [4.69, 9.17) is 11.6 Å². The van der Waals surface area contributed by atoms with Gasteiger partial charge in [-0.05, 0) is 43.8 Å². The number of aromatic nitrogens is 1. The van der Waals surface area contributed by atoms with E-state index in [1.165, 1.54) is 5.56 Å². The van der Waals surface area contributed by atoms with Crippen LogP contribution >= 0.6 is 11.6 Å². The third-order valence-corrected chi connectivity index (χ3v) is 4.33. The molecule has 0 bridgehead atoms. The van der Waals surface area contributed by atoms with Crippen LogP contribution in [-0.2, 0) is 11.2 Å². The van der Waals surface area contributed by atoms with Crippen molar-refractivity contribution in [1.29, 1.82) is 0 Å². The van der Waals surface area contributed by atoms with Crippen LogP contribution in [0, 0.1) is 0 Å². The smallest absolute Gasteiger partial charge is 0.224 e. The summed E-state index contributed by atoms with van der Waals surface area (Å²) in [6.07, 6.45) is 3.36. The summed E-state index contributed by atoms with van der Waals surface area (Å²) >= 11 is 6.43. The molecule has 1 aliphatic heterocycles. The molecule has 4 nitrogen and oxygen atoms in total. The number of likely N-dealkylation sites (N-methyl/N-ethyl adjacent to an activating group) is 1. The Balaban J connectivity index is 2.10. The molecule has 0 atom stereocenters. The van der Waals surface area contributed by atoms with Crippen molar-refractivity contribution in [2.24, 2.45) is 0 Å². The summed E-state index contributed by atoms with van der Waals surface area (Å²) in [7, 11) is 4.13. The lowest BCUT2D eigenvalue weighted by Gasteiger charge is -2.16. The standard InChI is InChI=1S/C17H20ClN3O/c1-21(2)9-8-12-16-13(18)4-3-5-14(16)20-17(12)11-6-7-15(22)19-10-11/h3-6,20H,7-10H2,1-2H3,(H,19,22). The van der Waals surface area contributed by atoms with Crippen LogP contribution in [0.2, 0.25) is 5.02 Å². The third-order valence-electron chi connectivity index (χ3n) is 4.02. The normalized spacial score (nSPS) is 15.3. The Morgan fingerprint density at radius 2 is 2.14 bits per heavy atom. The maximum atomic E-state index is 11.4. The first-order chi connectivity index (χ1) is 10.6. The van der Waals surface area contributed by atoms with Crippen LogP contribution in [0.25, 0.3) is 16.5 Å². The molecule has 2 N–H and O–H groups in total. The molecule has 0 spiro atoms. The molecule has 1 aliphatic rings. The molecule has 0 fully saturated rings. The van der Waals surface area contributed by atoms with Crippen molar-refractivity contribution in [3.8, 4) is 0 Å². The van der Waals surface area contributed by atoms with Gasteiger partial charge in [0.15, 0.2) is 0 Å². The number of benzene rings is 1. The zero-order valence-electron chi connectivity index (χ0n) is 12.9. The van der Waals surface area contributed by atoms with Gasteiger partial charge in [0.1, 0.15) is 0 Å². The van der Waals surface area contributed by atoms with Crippen LogP contribution < -0.4 is 5.32 Å². The van der Waals surface area contributed by atoms with Gasteiger partial charge in [0.2, 0.25) is 5.91 Å². The molecule has 0 saturated heterocycles. The Hall–Kier alpha value is -1.78. The van der Waals surface area contributed by atoms with Gasteiger partial charge in [-0.3, -0.25) is 4.79 Å². The van der Waals surface area contributed by atoms with E-state index in [1.807, 2.05) is 24.3 Å². The topological polar surface area (TPSA) is 48.1 Å². The quantitative estimate of drug-likeness (QED) is 0.911. The van der Waals surface area contributed by atoms with Gasteiger partial charge in [-0.2, -0.15) is 0 Å². The number of hydrogen-bond acceptors (Lipinski definition) is 2. The van der Waals surface area contributed by atoms with E-state index >= 15 is 0 Å². The van der Waals surface area contributed by atoms with Crippen LogP contribution in [0.3, 0.4) is 0 Å². The second kappa shape index (κ2) is 6.15. The maximum Gasteiger partial charge on any atom is 0.224 e. The van der Waals surface area contributed by atoms with Crippen LogP contribution in [0.4, 0.5) is 0 Å². The van der Waals surface area contributed by atoms with Crippen molar-refractivity contribution in [2.75, 3.05) is 27.2 Å². The van der Waals surface area contributed by atoms with E-state index in [9.17, 15) is 4.79 Å². The average molecular weight is 318 g/mol. The summed E-state index contributed by atoms with van der Waals surface area (Å²) in [6, 6.07) is 5.93. The van der Waals surface area contributed by atoms with Crippen LogP contribution in [0.1, 0.15) is 17.7 Å². The largest absolute Gasteiger partial charge is 0.354 e. The number of fused-ring (bicyclic) bond motifs is 1. The highest BCUT2D eigenvalue weighted by atomic mass is 35.5. The van der Waals surface area contributed by atoms with Crippen molar-refractivity contribution in [1.82, 2.24) is 15.2 Å². The van der Waals surface area contributed by atoms with Gasteiger partial charge < -0.3 is 15.2 Å². The summed E-state index contributed by atoms with van der Waals surface area (Å²) in [5.41, 5.74) is 4.52. The lowest BCUT2D eigenvalue weighted by Crippen LogP contribution is -2.28. The van der Waals surface area contributed by atoms with Gasteiger partial charge >= 0.3 is 0 Å². The summed E-state index contributed by atoms with van der Waals surface area (Å²) in [5.74, 6) is 0.0766. The number of nitrogens with zero attached hydrogens (tertiary/aromatic N) is 1. The molecule has 116 valence electrons. The highest BCUT2D eigenvalue weighted by molar-refractivity contribution is 6.35. The summed E-state index contributed by atoms with van der Waals surface area (Å²) in [6.45, 7) is 1.52. The molecule has 0 radical (unpaired) electrons. The van der Waals surface area contributed by atoms with E-state index in [1.54, 1.807) is 0 Å². The molecule has 2 aromatic rings. The van der Waals surface area contributed by atoms with E-state index < -0.39 is 0 Å². The molecule has 0 aliphatic carbocycles. The van der Waals surface area contributed by atoms with E-state index in [0.29, 0.717) is 13.0 Å². The number of amides is 1. The summed E-state index contributed by atoms with van der Waals surface area (Å²) in [5, 5.41) is 4.78. The number of rotatable bonds is 4. The highest BCUT2D eigenvalue weighted by Gasteiger charge is 2.19. The number of carbonyl (C=O) groups excluding carboxylic acids is 1. The van der Waals surface area contributed by atoms with E-state index in [-0.39, 0.29) is 5.91 Å². The Labute approximate surface area is 135 Å². The molecule has 0 unspecified atom stereocenters. The molecule has 5 heteroatoms.